The van der Waals surface area contributed by atoms with Crippen molar-refractivity contribution in [1.82, 2.24) is 24.4 Å². The molecule has 4 aromatic rings. The van der Waals surface area contributed by atoms with Gasteiger partial charge in [-0.25, -0.2) is 13.9 Å². The van der Waals surface area contributed by atoms with E-state index in [1.807, 2.05) is 6.07 Å². The van der Waals surface area contributed by atoms with Crippen molar-refractivity contribution in [3.05, 3.63) is 78.1 Å². The molecule has 0 spiro atoms. The standard InChI is InChI=1S/C17H13FN6O/c18-13-4-1-3-12(9-13)11-23-8-5-15(22-23)21-17(25)14-10-20-24-7-2-6-19-16(14)24/h1-10H,11H2,(H,21,22,25). The van der Waals surface area contributed by atoms with E-state index in [0.717, 1.165) is 5.56 Å². The van der Waals surface area contributed by atoms with Crippen LogP contribution in [0, 0.1) is 5.82 Å². The molecule has 0 saturated heterocycles. The first-order chi connectivity index (χ1) is 12.2. The van der Waals surface area contributed by atoms with Crippen LogP contribution < -0.4 is 5.32 Å². The number of hydrogen-bond acceptors (Lipinski definition) is 4. The Morgan fingerprint density at radius 1 is 1.20 bits per heavy atom. The molecule has 25 heavy (non-hydrogen) atoms. The third-order valence-corrected chi connectivity index (χ3v) is 3.64. The summed E-state index contributed by atoms with van der Waals surface area (Å²) in [7, 11) is 0. The van der Waals surface area contributed by atoms with Crippen LogP contribution in [0.25, 0.3) is 5.65 Å². The van der Waals surface area contributed by atoms with Crippen LogP contribution in [-0.2, 0) is 6.54 Å². The molecule has 1 aromatic carbocycles. The maximum Gasteiger partial charge on any atom is 0.262 e. The molecule has 0 atom stereocenters. The van der Waals surface area contributed by atoms with E-state index in [2.05, 4.69) is 20.5 Å². The molecule has 1 amide bonds. The second-order valence-electron chi connectivity index (χ2n) is 5.43. The van der Waals surface area contributed by atoms with Gasteiger partial charge in [0.1, 0.15) is 11.4 Å². The van der Waals surface area contributed by atoms with Gasteiger partial charge in [0.05, 0.1) is 12.7 Å². The van der Waals surface area contributed by atoms with Crippen LogP contribution in [0.1, 0.15) is 15.9 Å². The SMILES string of the molecule is O=C(Nc1ccn(Cc2cccc(F)c2)n1)c1cnn2cccnc12. The summed E-state index contributed by atoms with van der Waals surface area (Å²) < 4.78 is 16.4. The van der Waals surface area contributed by atoms with Crippen molar-refractivity contribution in [3.8, 4) is 0 Å². The topological polar surface area (TPSA) is 77.1 Å². The fourth-order valence-corrected chi connectivity index (χ4v) is 2.51. The van der Waals surface area contributed by atoms with Crippen molar-refractivity contribution in [2.45, 2.75) is 6.54 Å². The average molecular weight is 336 g/mol. The Kier molecular flexibility index (Phi) is 3.70. The van der Waals surface area contributed by atoms with E-state index >= 15 is 0 Å². The molecule has 8 heteroatoms. The molecule has 0 saturated carbocycles. The lowest BCUT2D eigenvalue weighted by molar-refractivity contribution is 0.102. The molecular formula is C17H13FN6O. The number of fused-ring (bicyclic) bond motifs is 1. The van der Waals surface area contributed by atoms with Gasteiger partial charge in [-0.3, -0.25) is 9.48 Å². The number of rotatable bonds is 4. The minimum atomic E-state index is -0.343. The first-order valence-corrected chi connectivity index (χ1v) is 7.57. The molecule has 3 aromatic heterocycles. The molecule has 124 valence electrons. The molecular weight excluding hydrogens is 323 g/mol. The van der Waals surface area contributed by atoms with Gasteiger partial charge in [-0.1, -0.05) is 12.1 Å². The lowest BCUT2D eigenvalue weighted by Crippen LogP contribution is -2.13. The zero-order valence-corrected chi connectivity index (χ0v) is 13.0. The minimum Gasteiger partial charge on any atom is -0.305 e. The Hall–Kier alpha value is -3.55. The largest absolute Gasteiger partial charge is 0.305 e. The summed E-state index contributed by atoms with van der Waals surface area (Å²) in [6.45, 7) is 0.409. The molecule has 0 bridgehead atoms. The Morgan fingerprint density at radius 2 is 2.12 bits per heavy atom. The van der Waals surface area contributed by atoms with E-state index in [-0.39, 0.29) is 11.7 Å². The maximum absolute atomic E-state index is 13.2. The second kappa shape index (κ2) is 6.16. The van der Waals surface area contributed by atoms with Gasteiger partial charge in [0.25, 0.3) is 5.91 Å². The Balaban J connectivity index is 1.50. The number of carbonyl (C=O) groups excluding carboxylic acids is 1. The number of aromatic nitrogens is 5. The summed E-state index contributed by atoms with van der Waals surface area (Å²) in [6, 6.07) is 9.71. The summed E-state index contributed by atoms with van der Waals surface area (Å²) in [6.07, 6.45) is 6.49. The van der Waals surface area contributed by atoms with Gasteiger partial charge in [0, 0.05) is 24.7 Å². The quantitative estimate of drug-likeness (QED) is 0.621. The van der Waals surface area contributed by atoms with Crippen molar-refractivity contribution < 1.29 is 9.18 Å². The molecule has 4 rings (SSSR count). The number of halogens is 1. The predicted octanol–water partition coefficient (Wildman–Crippen LogP) is 2.37. The van der Waals surface area contributed by atoms with Crippen molar-refractivity contribution in [1.29, 1.82) is 0 Å². The number of nitrogens with one attached hydrogen (secondary N) is 1. The number of anilines is 1. The number of amides is 1. The van der Waals surface area contributed by atoms with Crippen LogP contribution in [-0.4, -0.2) is 30.3 Å². The lowest BCUT2D eigenvalue weighted by Gasteiger charge is -2.03. The number of nitrogens with zero attached hydrogens (tertiary/aromatic N) is 5. The third kappa shape index (κ3) is 3.09. The molecule has 3 heterocycles. The van der Waals surface area contributed by atoms with Crippen molar-refractivity contribution in [2.75, 3.05) is 5.32 Å². The van der Waals surface area contributed by atoms with Crippen molar-refractivity contribution in [2.24, 2.45) is 0 Å². The monoisotopic (exact) mass is 336 g/mol. The minimum absolute atomic E-state index is 0.293. The van der Waals surface area contributed by atoms with Crippen LogP contribution in [0.5, 0.6) is 0 Å². The Bertz CT molecular complexity index is 1050. The van der Waals surface area contributed by atoms with E-state index < -0.39 is 0 Å². The van der Waals surface area contributed by atoms with Crippen LogP contribution in [0.4, 0.5) is 10.2 Å². The number of carbonyl (C=O) groups is 1. The first-order valence-electron chi connectivity index (χ1n) is 7.57. The fourth-order valence-electron chi connectivity index (χ4n) is 2.51. The van der Waals surface area contributed by atoms with E-state index in [1.54, 1.807) is 41.5 Å². The lowest BCUT2D eigenvalue weighted by atomic mass is 10.2. The zero-order valence-electron chi connectivity index (χ0n) is 13.0. The van der Waals surface area contributed by atoms with Gasteiger partial charge in [0.2, 0.25) is 0 Å². The first kappa shape index (κ1) is 15.0. The van der Waals surface area contributed by atoms with Gasteiger partial charge in [-0.15, -0.1) is 0 Å². The van der Waals surface area contributed by atoms with Gasteiger partial charge < -0.3 is 5.32 Å². The number of benzene rings is 1. The second-order valence-corrected chi connectivity index (χ2v) is 5.43. The Labute approximate surface area is 141 Å². The highest BCUT2D eigenvalue weighted by atomic mass is 19.1. The van der Waals surface area contributed by atoms with E-state index in [1.165, 1.54) is 22.8 Å². The van der Waals surface area contributed by atoms with E-state index in [9.17, 15) is 9.18 Å². The molecule has 0 aliphatic carbocycles. The van der Waals surface area contributed by atoms with Gasteiger partial charge in [-0.2, -0.15) is 10.2 Å². The maximum atomic E-state index is 13.2. The molecule has 0 radical (unpaired) electrons. The molecule has 1 N–H and O–H groups in total. The molecule has 0 fully saturated rings. The predicted molar refractivity (Wildman–Crippen MR) is 88.7 cm³/mol. The van der Waals surface area contributed by atoms with Crippen LogP contribution in [0.15, 0.2) is 61.2 Å². The van der Waals surface area contributed by atoms with E-state index in [0.29, 0.717) is 23.6 Å². The summed E-state index contributed by atoms with van der Waals surface area (Å²) in [5, 5.41) is 11.1. The van der Waals surface area contributed by atoms with Gasteiger partial charge >= 0.3 is 0 Å². The summed E-state index contributed by atoms with van der Waals surface area (Å²) in [5.41, 5.74) is 1.62. The van der Waals surface area contributed by atoms with Crippen LogP contribution >= 0.6 is 0 Å². The molecule has 0 aliphatic rings. The summed E-state index contributed by atoms with van der Waals surface area (Å²) in [5.74, 6) is -0.236. The number of hydrogen-bond donors (Lipinski definition) is 1. The highest BCUT2D eigenvalue weighted by Gasteiger charge is 2.14. The summed E-state index contributed by atoms with van der Waals surface area (Å²) in [4.78, 5) is 16.5. The molecule has 0 aliphatic heterocycles. The normalized spacial score (nSPS) is 10.9. The molecule has 7 nitrogen and oxygen atoms in total. The van der Waals surface area contributed by atoms with E-state index in [4.69, 9.17) is 0 Å². The zero-order chi connectivity index (χ0) is 17.2. The van der Waals surface area contributed by atoms with Crippen LogP contribution in [0.3, 0.4) is 0 Å². The summed E-state index contributed by atoms with van der Waals surface area (Å²) >= 11 is 0. The van der Waals surface area contributed by atoms with Crippen molar-refractivity contribution >= 4 is 17.4 Å². The highest BCUT2D eigenvalue weighted by Crippen LogP contribution is 2.12. The highest BCUT2D eigenvalue weighted by molar-refractivity contribution is 6.07. The molecule has 0 unspecified atom stereocenters. The van der Waals surface area contributed by atoms with Gasteiger partial charge in [0.15, 0.2) is 11.5 Å². The Morgan fingerprint density at radius 3 is 3.00 bits per heavy atom. The third-order valence-electron chi connectivity index (χ3n) is 3.64. The smallest absolute Gasteiger partial charge is 0.262 e. The average Bonchev–Trinajstić information content (AvgIpc) is 3.21. The van der Waals surface area contributed by atoms with Gasteiger partial charge in [-0.05, 0) is 23.8 Å². The van der Waals surface area contributed by atoms with Crippen molar-refractivity contribution in [3.63, 3.8) is 0 Å². The van der Waals surface area contributed by atoms with Crippen LogP contribution in [0.2, 0.25) is 0 Å². The fraction of sp³-hybridized carbons (Fsp3) is 0.0588.